The summed E-state index contributed by atoms with van der Waals surface area (Å²) in [6.07, 6.45) is 0.839. The van der Waals surface area contributed by atoms with Crippen molar-refractivity contribution < 1.29 is 0 Å². The second kappa shape index (κ2) is 4.49. The second-order valence-electron chi connectivity index (χ2n) is 4.11. The third-order valence-corrected chi connectivity index (χ3v) is 2.65. The first-order valence-corrected chi connectivity index (χ1v) is 5.48. The Hall–Kier alpha value is -1.61. The molecule has 16 heavy (non-hydrogen) atoms. The van der Waals surface area contributed by atoms with E-state index in [4.69, 9.17) is 5.73 Å². The largest absolute Gasteiger partial charge is 0.378 e. The maximum atomic E-state index is 5.52. The van der Waals surface area contributed by atoms with E-state index in [1.165, 1.54) is 11.1 Å². The highest BCUT2D eigenvalue weighted by atomic mass is 15.1. The molecule has 0 saturated heterocycles. The Balaban J connectivity index is 2.44. The molecule has 0 aliphatic heterocycles. The van der Waals surface area contributed by atoms with E-state index in [9.17, 15) is 0 Å². The van der Waals surface area contributed by atoms with E-state index in [1.807, 2.05) is 14.1 Å². The zero-order chi connectivity index (χ0) is 11.5. The number of hydrogen-bond acceptors (Lipinski definition) is 3. The SMILES string of the molecule is CN(C)c1ccc2nc(CCN)ccc2c1. The maximum absolute atomic E-state index is 5.52. The number of benzene rings is 1. The van der Waals surface area contributed by atoms with E-state index in [1.54, 1.807) is 0 Å². The van der Waals surface area contributed by atoms with Crippen molar-refractivity contribution in [1.29, 1.82) is 0 Å². The predicted octanol–water partition coefficient (Wildman–Crippen LogP) is 1.80. The number of pyridine rings is 1. The lowest BCUT2D eigenvalue weighted by molar-refractivity contribution is 0.932. The van der Waals surface area contributed by atoms with Gasteiger partial charge in [-0.3, -0.25) is 4.98 Å². The van der Waals surface area contributed by atoms with Gasteiger partial charge in [0.15, 0.2) is 0 Å². The Bertz CT molecular complexity index is 492. The van der Waals surface area contributed by atoms with Gasteiger partial charge in [0.2, 0.25) is 0 Å². The van der Waals surface area contributed by atoms with Crippen LogP contribution in [0.3, 0.4) is 0 Å². The van der Waals surface area contributed by atoms with Crippen LogP contribution in [0.2, 0.25) is 0 Å². The molecule has 1 aromatic carbocycles. The summed E-state index contributed by atoms with van der Waals surface area (Å²) in [5.74, 6) is 0. The normalized spacial score (nSPS) is 10.7. The van der Waals surface area contributed by atoms with Crippen molar-refractivity contribution in [1.82, 2.24) is 4.98 Å². The van der Waals surface area contributed by atoms with Gasteiger partial charge in [0.05, 0.1) is 5.52 Å². The molecule has 0 radical (unpaired) electrons. The number of nitrogens with zero attached hydrogens (tertiary/aromatic N) is 2. The van der Waals surface area contributed by atoms with E-state index >= 15 is 0 Å². The molecule has 3 heteroatoms. The highest BCUT2D eigenvalue weighted by Crippen LogP contribution is 2.19. The molecule has 0 fully saturated rings. The van der Waals surface area contributed by atoms with Crippen LogP contribution in [0.5, 0.6) is 0 Å². The van der Waals surface area contributed by atoms with E-state index in [2.05, 4.69) is 40.2 Å². The van der Waals surface area contributed by atoms with Crippen LogP contribution < -0.4 is 10.6 Å². The van der Waals surface area contributed by atoms with E-state index < -0.39 is 0 Å². The molecule has 0 unspecified atom stereocenters. The third-order valence-electron chi connectivity index (χ3n) is 2.65. The van der Waals surface area contributed by atoms with Gasteiger partial charge in [0, 0.05) is 37.3 Å². The van der Waals surface area contributed by atoms with Gasteiger partial charge in [-0.15, -0.1) is 0 Å². The topological polar surface area (TPSA) is 42.2 Å². The first kappa shape index (κ1) is 10.9. The van der Waals surface area contributed by atoms with E-state index in [0.717, 1.165) is 17.6 Å². The summed E-state index contributed by atoms with van der Waals surface area (Å²) in [4.78, 5) is 6.66. The maximum Gasteiger partial charge on any atom is 0.0706 e. The molecule has 0 aliphatic carbocycles. The molecule has 0 spiro atoms. The molecular formula is C13H17N3. The quantitative estimate of drug-likeness (QED) is 0.849. The third kappa shape index (κ3) is 2.14. The van der Waals surface area contributed by atoms with Gasteiger partial charge in [0.25, 0.3) is 0 Å². The lowest BCUT2D eigenvalue weighted by Gasteiger charge is -2.13. The standard InChI is InChI=1S/C13H17N3/c1-16(2)12-5-6-13-10(9-12)3-4-11(15-13)7-8-14/h3-6,9H,7-8,14H2,1-2H3. The predicted molar refractivity (Wildman–Crippen MR) is 68.8 cm³/mol. The first-order chi connectivity index (χ1) is 7.70. The Morgan fingerprint density at radius 2 is 2.00 bits per heavy atom. The van der Waals surface area contributed by atoms with Crippen molar-refractivity contribution in [2.24, 2.45) is 5.73 Å². The lowest BCUT2D eigenvalue weighted by Crippen LogP contribution is -2.08. The van der Waals surface area contributed by atoms with Crippen molar-refractivity contribution in [3.05, 3.63) is 36.0 Å². The van der Waals surface area contributed by atoms with Gasteiger partial charge in [-0.1, -0.05) is 6.07 Å². The zero-order valence-corrected chi connectivity index (χ0v) is 9.77. The van der Waals surface area contributed by atoms with Crippen LogP contribution >= 0.6 is 0 Å². The minimum absolute atomic E-state index is 0.647. The Kier molecular flexibility index (Phi) is 3.06. The minimum Gasteiger partial charge on any atom is -0.378 e. The fourth-order valence-corrected chi connectivity index (χ4v) is 1.72. The molecule has 0 saturated carbocycles. The minimum atomic E-state index is 0.647. The van der Waals surface area contributed by atoms with Crippen LogP contribution in [-0.2, 0) is 6.42 Å². The Morgan fingerprint density at radius 1 is 1.19 bits per heavy atom. The first-order valence-electron chi connectivity index (χ1n) is 5.48. The average molecular weight is 215 g/mol. The van der Waals surface area contributed by atoms with Crippen LogP contribution in [0.1, 0.15) is 5.69 Å². The summed E-state index contributed by atoms with van der Waals surface area (Å²) >= 11 is 0. The van der Waals surface area contributed by atoms with Crippen LogP contribution in [0, 0.1) is 0 Å². The molecule has 2 aromatic rings. The monoisotopic (exact) mass is 215 g/mol. The molecule has 2 N–H and O–H groups in total. The molecule has 3 nitrogen and oxygen atoms in total. The van der Waals surface area contributed by atoms with Crippen LogP contribution in [0.4, 0.5) is 5.69 Å². The van der Waals surface area contributed by atoms with Gasteiger partial charge >= 0.3 is 0 Å². The molecule has 1 heterocycles. The summed E-state index contributed by atoms with van der Waals surface area (Å²) in [7, 11) is 4.08. The Labute approximate surface area is 95.9 Å². The van der Waals surface area contributed by atoms with Crippen LogP contribution in [-0.4, -0.2) is 25.6 Å². The van der Waals surface area contributed by atoms with Gasteiger partial charge in [-0.05, 0) is 30.8 Å². The van der Waals surface area contributed by atoms with Crippen molar-refractivity contribution >= 4 is 16.6 Å². The highest BCUT2D eigenvalue weighted by Gasteiger charge is 2.00. The van der Waals surface area contributed by atoms with Crippen molar-refractivity contribution in [2.45, 2.75) is 6.42 Å². The number of fused-ring (bicyclic) bond motifs is 1. The molecule has 0 amide bonds. The fourth-order valence-electron chi connectivity index (χ4n) is 1.72. The van der Waals surface area contributed by atoms with Crippen molar-refractivity contribution in [3.8, 4) is 0 Å². The molecule has 84 valence electrons. The summed E-state index contributed by atoms with van der Waals surface area (Å²) < 4.78 is 0. The second-order valence-corrected chi connectivity index (χ2v) is 4.11. The van der Waals surface area contributed by atoms with Gasteiger partial charge < -0.3 is 10.6 Å². The molecule has 0 bridgehead atoms. The highest BCUT2D eigenvalue weighted by molar-refractivity contribution is 5.82. The van der Waals surface area contributed by atoms with E-state index in [0.29, 0.717) is 6.54 Å². The number of anilines is 1. The number of hydrogen-bond donors (Lipinski definition) is 1. The molecule has 2 rings (SSSR count). The van der Waals surface area contributed by atoms with E-state index in [-0.39, 0.29) is 0 Å². The fraction of sp³-hybridized carbons (Fsp3) is 0.308. The molecule has 1 aromatic heterocycles. The van der Waals surface area contributed by atoms with Crippen LogP contribution in [0.25, 0.3) is 10.9 Å². The van der Waals surface area contributed by atoms with Crippen molar-refractivity contribution in [2.75, 3.05) is 25.5 Å². The van der Waals surface area contributed by atoms with Gasteiger partial charge in [0.1, 0.15) is 0 Å². The summed E-state index contributed by atoms with van der Waals surface area (Å²) in [5, 5.41) is 1.17. The summed E-state index contributed by atoms with van der Waals surface area (Å²) in [6.45, 7) is 0.647. The van der Waals surface area contributed by atoms with Crippen molar-refractivity contribution in [3.63, 3.8) is 0 Å². The van der Waals surface area contributed by atoms with Crippen LogP contribution in [0.15, 0.2) is 30.3 Å². The average Bonchev–Trinajstić information content (AvgIpc) is 2.28. The number of rotatable bonds is 3. The van der Waals surface area contributed by atoms with Gasteiger partial charge in [-0.2, -0.15) is 0 Å². The zero-order valence-electron chi connectivity index (χ0n) is 9.77. The summed E-state index contributed by atoms with van der Waals surface area (Å²) in [6, 6.07) is 10.5. The number of aromatic nitrogens is 1. The smallest absolute Gasteiger partial charge is 0.0706 e. The number of nitrogens with two attached hydrogens (primary N) is 1. The molecule has 0 aliphatic rings. The summed E-state index contributed by atoms with van der Waals surface area (Å²) in [5.41, 5.74) is 8.82. The van der Waals surface area contributed by atoms with Gasteiger partial charge in [-0.25, -0.2) is 0 Å². The Morgan fingerprint density at radius 3 is 2.69 bits per heavy atom. The lowest BCUT2D eigenvalue weighted by atomic mass is 10.1. The molecular weight excluding hydrogens is 198 g/mol. The molecule has 0 atom stereocenters.